The van der Waals surface area contributed by atoms with Gasteiger partial charge in [-0.15, -0.1) is 17.5 Å². The number of carbonyl (C=O) groups is 1. The lowest BCUT2D eigenvalue weighted by Gasteiger charge is -2.16. The van der Waals surface area contributed by atoms with Crippen molar-refractivity contribution >= 4 is 30.3 Å². The Morgan fingerprint density at radius 1 is 1.26 bits per heavy atom. The number of hydrogen-bond donors (Lipinski definition) is 2. The second-order valence-electron chi connectivity index (χ2n) is 6.51. The van der Waals surface area contributed by atoms with Gasteiger partial charge >= 0.3 is 0 Å². The summed E-state index contributed by atoms with van der Waals surface area (Å²) in [7, 11) is 0. The molecule has 2 heterocycles. The molecule has 0 aliphatic heterocycles. The minimum Gasteiger partial charge on any atom is -0.378 e. The molecule has 12 heteroatoms. The molecule has 0 aliphatic carbocycles. The first kappa shape index (κ1) is 24.0. The van der Waals surface area contributed by atoms with E-state index in [1.807, 2.05) is 44.2 Å². The molecular formula is C19H26ClN9O2. The smallest absolute Gasteiger partial charge is 0.292 e. The summed E-state index contributed by atoms with van der Waals surface area (Å²) >= 11 is 0. The number of rotatable bonds is 10. The van der Waals surface area contributed by atoms with Gasteiger partial charge in [0.2, 0.25) is 11.6 Å². The Morgan fingerprint density at radius 2 is 2.00 bits per heavy atom. The Labute approximate surface area is 186 Å². The first-order valence-corrected chi connectivity index (χ1v) is 9.75. The van der Waals surface area contributed by atoms with E-state index in [0.29, 0.717) is 18.7 Å². The van der Waals surface area contributed by atoms with E-state index in [4.69, 9.17) is 5.73 Å². The molecule has 0 bridgehead atoms. The van der Waals surface area contributed by atoms with Gasteiger partial charge in [-0.25, -0.2) is 10.1 Å². The van der Waals surface area contributed by atoms with Crippen LogP contribution in [0.15, 0.2) is 40.1 Å². The van der Waals surface area contributed by atoms with Crippen molar-refractivity contribution in [3.8, 4) is 5.82 Å². The molecule has 0 saturated heterocycles. The van der Waals surface area contributed by atoms with Crippen molar-refractivity contribution in [1.82, 2.24) is 35.6 Å². The summed E-state index contributed by atoms with van der Waals surface area (Å²) in [4.78, 5) is 15.0. The molecule has 3 aromatic rings. The van der Waals surface area contributed by atoms with E-state index in [1.165, 1.54) is 10.2 Å². The lowest BCUT2D eigenvalue weighted by molar-refractivity contribution is 0.0945. The van der Waals surface area contributed by atoms with Crippen molar-refractivity contribution in [3.05, 3.63) is 47.3 Å². The van der Waals surface area contributed by atoms with E-state index < -0.39 is 5.91 Å². The number of nitrogens with two attached hydrogens (primary N) is 1. The molecule has 3 N–H and O–H groups in total. The minimum absolute atomic E-state index is 0. The number of nitrogens with zero attached hydrogens (tertiary/aromatic N) is 7. The van der Waals surface area contributed by atoms with E-state index in [9.17, 15) is 4.79 Å². The quantitative estimate of drug-likeness (QED) is 0.354. The number of benzene rings is 1. The first-order valence-electron chi connectivity index (χ1n) is 9.75. The van der Waals surface area contributed by atoms with Gasteiger partial charge < -0.3 is 5.73 Å². The van der Waals surface area contributed by atoms with Crippen LogP contribution in [0.5, 0.6) is 0 Å². The fourth-order valence-electron chi connectivity index (χ4n) is 2.89. The number of aryl methyl sites for hydroxylation is 1. The van der Waals surface area contributed by atoms with Gasteiger partial charge in [-0.1, -0.05) is 49.4 Å². The SMILES string of the molecule is CCN(CC)Cc1nnn(-c2nonc2N)c1C(=O)N/N=C/CCc1ccccc1.Cl. The topological polar surface area (TPSA) is 140 Å². The summed E-state index contributed by atoms with van der Waals surface area (Å²) in [6.45, 7) is 6.11. The van der Waals surface area contributed by atoms with Gasteiger partial charge in [0.05, 0.1) is 0 Å². The van der Waals surface area contributed by atoms with E-state index in [-0.39, 0.29) is 29.7 Å². The van der Waals surface area contributed by atoms with Gasteiger partial charge in [0.25, 0.3) is 5.91 Å². The molecule has 0 aliphatic rings. The molecule has 31 heavy (non-hydrogen) atoms. The Balaban J connectivity index is 0.00000341. The lowest BCUT2D eigenvalue weighted by Crippen LogP contribution is -2.27. The molecule has 0 saturated carbocycles. The van der Waals surface area contributed by atoms with Gasteiger partial charge in [-0.2, -0.15) is 9.78 Å². The van der Waals surface area contributed by atoms with Gasteiger partial charge in [-0.05, 0) is 41.8 Å². The van der Waals surface area contributed by atoms with Crippen LogP contribution in [-0.4, -0.2) is 55.4 Å². The van der Waals surface area contributed by atoms with Crippen LogP contribution < -0.4 is 11.2 Å². The predicted octanol–water partition coefficient (Wildman–Crippen LogP) is 1.84. The summed E-state index contributed by atoms with van der Waals surface area (Å²) in [5.41, 5.74) is 10.2. The summed E-state index contributed by atoms with van der Waals surface area (Å²) in [6.07, 6.45) is 3.18. The van der Waals surface area contributed by atoms with E-state index in [0.717, 1.165) is 19.5 Å². The standard InChI is InChI=1S/C19H25N9O2.ClH/c1-3-27(4-2)13-15-16(28(26-22-15)18-17(20)24-30-25-18)19(29)23-21-12-8-11-14-9-6-5-7-10-14;/h5-7,9-10,12H,3-4,8,11,13H2,1-2H3,(H2,20,24)(H,23,29);1H/b21-12+;. The minimum atomic E-state index is -0.472. The molecule has 1 amide bonds. The fourth-order valence-corrected chi connectivity index (χ4v) is 2.89. The van der Waals surface area contributed by atoms with Crippen LogP contribution in [0.4, 0.5) is 5.82 Å². The molecule has 166 valence electrons. The predicted molar refractivity (Wildman–Crippen MR) is 118 cm³/mol. The van der Waals surface area contributed by atoms with Crippen LogP contribution in [0.3, 0.4) is 0 Å². The molecule has 2 aromatic heterocycles. The van der Waals surface area contributed by atoms with Crippen molar-refractivity contribution in [1.29, 1.82) is 0 Å². The van der Waals surface area contributed by atoms with Crippen LogP contribution in [0, 0.1) is 0 Å². The van der Waals surface area contributed by atoms with E-state index >= 15 is 0 Å². The third-order valence-electron chi connectivity index (χ3n) is 4.58. The number of amides is 1. The van der Waals surface area contributed by atoms with Gasteiger partial charge in [-0.3, -0.25) is 9.69 Å². The number of carbonyl (C=O) groups excluding carboxylic acids is 1. The van der Waals surface area contributed by atoms with Crippen molar-refractivity contribution in [2.75, 3.05) is 18.8 Å². The average molecular weight is 448 g/mol. The van der Waals surface area contributed by atoms with Crippen molar-refractivity contribution < 1.29 is 9.42 Å². The van der Waals surface area contributed by atoms with Gasteiger partial charge in [0, 0.05) is 12.8 Å². The number of hydrazone groups is 1. The molecule has 0 atom stereocenters. The molecule has 0 unspecified atom stereocenters. The maximum Gasteiger partial charge on any atom is 0.292 e. The third kappa shape index (κ3) is 6.09. The Kier molecular flexibility index (Phi) is 9.10. The highest BCUT2D eigenvalue weighted by Crippen LogP contribution is 2.17. The molecule has 1 aromatic carbocycles. The molecule has 11 nitrogen and oxygen atoms in total. The Hall–Kier alpha value is -3.31. The van der Waals surface area contributed by atoms with E-state index in [1.54, 1.807) is 6.21 Å². The van der Waals surface area contributed by atoms with Gasteiger partial charge in [0.15, 0.2) is 5.69 Å². The van der Waals surface area contributed by atoms with E-state index in [2.05, 4.69) is 40.7 Å². The molecule has 0 spiro atoms. The third-order valence-corrected chi connectivity index (χ3v) is 4.58. The maximum atomic E-state index is 12.9. The summed E-state index contributed by atoms with van der Waals surface area (Å²) in [5, 5.41) is 19.5. The molecule has 0 radical (unpaired) electrons. The number of nitrogens with one attached hydrogen (secondary N) is 1. The fraction of sp³-hybridized carbons (Fsp3) is 0.368. The monoisotopic (exact) mass is 447 g/mol. The van der Waals surface area contributed by atoms with Gasteiger partial charge in [0.1, 0.15) is 5.69 Å². The largest absolute Gasteiger partial charge is 0.378 e. The normalized spacial score (nSPS) is 11.1. The van der Waals surface area contributed by atoms with Crippen molar-refractivity contribution in [3.63, 3.8) is 0 Å². The summed E-state index contributed by atoms with van der Waals surface area (Å²) in [6, 6.07) is 10.1. The highest BCUT2D eigenvalue weighted by atomic mass is 35.5. The summed E-state index contributed by atoms with van der Waals surface area (Å²) in [5.74, 6) is -0.360. The second-order valence-corrected chi connectivity index (χ2v) is 6.51. The van der Waals surface area contributed by atoms with Crippen LogP contribution in [-0.2, 0) is 13.0 Å². The molecule has 3 rings (SSSR count). The lowest BCUT2D eigenvalue weighted by atomic mass is 10.1. The zero-order valence-electron chi connectivity index (χ0n) is 17.4. The highest BCUT2D eigenvalue weighted by molar-refractivity contribution is 5.94. The van der Waals surface area contributed by atoms with Crippen molar-refractivity contribution in [2.45, 2.75) is 33.2 Å². The Bertz CT molecular complexity index is 983. The number of anilines is 1. The zero-order chi connectivity index (χ0) is 21.3. The average Bonchev–Trinajstić information content (AvgIpc) is 3.37. The van der Waals surface area contributed by atoms with Crippen LogP contribution in [0.2, 0.25) is 0 Å². The highest BCUT2D eigenvalue weighted by Gasteiger charge is 2.25. The van der Waals surface area contributed by atoms with Crippen LogP contribution in [0.1, 0.15) is 42.0 Å². The van der Waals surface area contributed by atoms with Crippen LogP contribution >= 0.6 is 12.4 Å². The van der Waals surface area contributed by atoms with Crippen LogP contribution in [0.25, 0.3) is 5.82 Å². The number of nitrogen functional groups attached to an aromatic ring is 1. The number of hydrogen-bond acceptors (Lipinski definition) is 9. The first-order chi connectivity index (χ1) is 14.6. The number of halogens is 1. The van der Waals surface area contributed by atoms with Crippen molar-refractivity contribution in [2.24, 2.45) is 5.10 Å². The Morgan fingerprint density at radius 3 is 2.65 bits per heavy atom. The molecular weight excluding hydrogens is 422 g/mol. The second kappa shape index (κ2) is 11.8. The number of aromatic nitrogens is 5. The molecule has 0 fully saturated rings. The zero-order valence-corrected chi connectivity index (χ0v) is 18.2. The maximum absolute atomic E-state index is 12.9. The summed E-state index contributed by atoms with van der Waals surface area (Å²) < 4.78 is 5.86.